The summed E-state index contributed by atoms with van der Waals surface area (Å²) in [6.45, 7) is 0. The highest BCUT2D eigenvalue weighted by Gasteiger charge is 2.17. The molecule has 0 radical (unpaired) electrons. The summed E-state index contributed by atoms with van der Waals surface area (Å²) in [6.07, 6.45) is 3.48. The van der Waals surface area contributed by atoms with Crippen molar-refractivity contribution < 1.29 is 4.74 Å². The number of ether oxygens (including phenoxy) is 1. The average Bonchev–Trinajstić information content (AvgIpc) is 3.25. The molecule has 0 N–H and O–H groups in total. The lowest BCUT2D eigenvalue weighted by molar-refractivity contribution is 0.415. The van der Waals surface area contributed by atoms with Crippen molar-refractivity contribution in [2.75, 3.05) is 7.11 Å². The first-order valence-corrected chi connectivity index (χ1v) is 9.44. The van der Waals surface area contributed by atoms with Gasteiger partial charge in [0.05, 0.1) is 12.8 Å². The molecule has 27 heavy (non-hydrogen) atoms. The average molecular weight is 374 g/mol. The molecule has 4 nitrogen and oxygen atoms in total. The molecule has 0 saturated heterocycles. The predicted octanol–water partition coefficient (Wildman–Crippen LogP) is 4.85. The summed E-state index contributed by atoms with van der Waals surface area (Å²) in [4.78, 5) is 17.2. The van der Waals surface area contributed by atoms with Crippen LogP contribution < -0.4 is 10.3 Å². The summed E-state index contributed by atoms with van der Waals surface area (Å²) >= 11 is 1.58. The molecule has 0 fully saturated rings. The number of nitrogens with zero attached hydrogens (tertiary/aromatic N) is 2. The Hall–Kier alpha value is -3.18. The number of hydrogen-bond acceptors (Lipinski definition) is 4. The molecule has 0 atom stereocenters. The fraction of sp³-hybridized carbons (Fsp3) is 0.0909. The number of hydrogen-bond donors (Lipinski definition) is 0. The van der Waals surface area contributed by atoms with Crippen LogP contribution in [0.15, 0.2) is 76.5 Å². The Bertz CT molecular complexity index is 1120. The second-order valence-electron chi connectivity index (χ2n) is 6.16. The first kappa shape index (κ1) is 17.2. The van der Waals surface area contributed by atoms with Crippen LogP contribution in [0.4, 0.5) is 0 Å². The van der Waals surface area contributed by atoms with Gasteiger partial charge in [0.25, 0.3) is 5.56 Å². The predicted molar refractivity (Wildman–Crippen MR) is 110 cm³/mol. The van der Waals surface area contributed by atoms with Crippen LogP contribution in [-0.2, 0) is 7.05 Å². The molecule has 4 rings (SSSR count). The van der Waals surface area contributed by atoms with Crippen LogP contribution >= 0.6 is 11.3 Å². The van der Waals surface area contributed by atoms with Crippen molar-refractivity contribution in [1.82, 2.24) is 9.55 Å². The highest BCUT2D eigenvalue weighted by atomic mass is 32.1. The minimum Gasteiger partial charge on any atom is -0.497 e. The standard InChI is InChI=1S/C22H18N2O2S/c1-24-21(16-7-10-23-11-8-16)19(15-3-5-18(26-2)6-4-15)13-20(22(24)25)17-9-12-27-14-17/h3-14H,1-2H3. The Morgan fingerprint density at radius 1 is 0.926 bits per heavy atom. The minimum atomic E-state index is -0.0162. The molecule has 3 aromatic heterocycles. The van der Waals surface area contributed by atoms with Gasteiger partial charge in [-0.25, -0.2) is 0 Å². The molecular weight excluding hydrogens is 356 g/mol. The lowest BCUT2D eigenvalue weighted by atomic mass is 9.96. The van der Waals surface area contributed by atoms with Gasteiger partial charge in [-0.05, 0) is 58.3 Å². The van der Waals surface area contributed by atoms with E-state index in [1.807, 2.05) is 66.3 Å². The van der Waals surface area contributed by atoms with Crippen molar-refractivity contribution in [3.63, 3.8) is 0 Å². The van der Waals surface area contributed by atoms with Gasteiger partial charge in [-0.3, -0.25) is 9.78 Å². The highest BCUT2D eigenvalue weighted by Crippen LogP contribution is 2.34. The molecule has 4 aromatic rings. The van der Waals surface area contributed by atoms with E-state index in [1.165, 1.54) is 0 Å². The van der Waals surface area contributed by atoms with Crippen LogP contribution in [0, 0.1) is 0 Å². The maximum absolute atomic E-state index is 13.1. The quantitative estimate of drug-likeness (QED) is 0.513. The fourth-order valence-corrected chi connectivity index (χ4v) is 3.87. The van der Waals surface area contributed by atoms with E-state index in [-0.39, 0.29) is 5.56 Å². The number of methoxy groups -OCH3 is 1. The van der Waals surface area contributed by atoms with E-state index in [0.29, 0.717) is 5.56 Å². The van der Waals surface area contributed by atoms with Crippen molar-refractivity contribution in [2.45, 2.75) is 0 Å². The van der Waals surface area contributed by atoms with Crippen molar-refractivity contribution in [2.24, 2.45) is 7.05 Å². The number of pyridine rings is 2. The van der Waals surface area contributed by atoms with E-state index in [4.69, 9.17) is 4.74 Å². The number of rotatable bonds is 4. The summed E-state index contributed by atoms with van der Waals surface area (Å²) in [5.74, 6) is 0.798. The summed E-state index contributed by atoms with van der Waals surface area (Å²) in [6, 6.07) is 15.7. The van der Waals surface area contributed by atoms with E-state index < -0.39 is 0 Å². The maximum atomic E-state index is 13.1. The van der Waals surface area contributed by atoms with Crippen LogP contribution in [0.3, 0.4) is 0 Å². The molecule has 0 amide bonds. The first-order chi connectivity index (χ1) is 13.2. The Morgan fingerprint density at radius 2 is 1.67 bits per heavy atom. The number of benzene rings is 1. The molecule has 0 aliphatic rings. The van der Waals surface area contributed by atoms with Crippen molar-refractivity contribution in [3.8, 4) is 39.3 Å². The molecule has 0 spiro atoms. The van der Waals surface area contributed by atoms with E-state index in [9.17, 15) is 4.79 Å². The van der Waals surface area contributed by atoms with Crippen LogP contribution in [0.2, 0.25) is 0 Å². The Balaban J connectivity index is 2.02. The highest BCUT2D eigenvalue weighted by molar-refractivity contribution is 7.08. The first-order valence-electron chi connectivity index (χ1n) is 8.50. The van der Waals surface area contributed by atoms with Crippen molar-refractivity contribution in [1.29, 1.82) is 0 Å². The van der Waals surface area contributed by atoms with Gasteiger partial charge >= 0.3 is 0 Å². The van der Waals surface area contributed by atoms with Gasteiger partial charge in [-0.15, -0.1) is 0 Å². The fourth-order valence-electron chi connectivity index (χ4n) is 3.21. The second kappa shape index (κ2) is 7.21. The molecule has 0 aliphatic carbocycles. The monoisotopic (exact) mass is 374 g/mol. The molecule has 0 saturated carbocycles. The van der Waals surface area contributed by atoms with E-state index in [0.717, 1.165) is 33.7 Å². The van der Waals surface area contributed by atoms with Gasteiger partial charge in [0, 0.05) is 36.1 Å². The third-order valence-electron chi connectivity index (χ3n) is 4.60. The summed E-state index contributed by atoms with van der Waals surface area (Å²) in [5, 5.41) is 3.99. The van der Waals surface area contributed by atoms with Crippen LogP contribution in [0.1, 0.15) is 0 Å². The summed E-state index contributed by atoms with van der Waals surface area (Å²) < 4.78 is 7.01. The van der Waals surface area contributed by atoms with E-state index in [2.05, 4.69) is 4.98 Å². The van der Waals surface area contributed by atoms with Gasteiger partial charge < -0.3 is 9.30 Å². The third kappa shape index (κ3) is 3.17. The van der Waals surface area contributed by atoms with E-state index >= 15 is 0 Å². The van der Waals surface area contributed by atoms with E-state index in [1.54, 1.807) is 35.4 Å². The summed E-state index contributed by atoms with van der Waals surface area (Å²) in [7, 11) is 3.47. The normalized spacial score (nSPS) is 10.7. The van der Waals surface area contributed by atoms with Gasteiger partial charge in [0.2, 0.25) is 0 Å². The zero-order valence-corrected chi connectivity index (χ0v) is 15.9. The Labute approximate surface area is 161 Å². The summed E-state index contributed by atoms with van der Waals surface area (Å²) in [5.41, 5.74) is 5.46. The molecule has 5 heteroatoms. The van der Waals surface area contributed by atoms with Gasteiger partial charge in [0.15, 0.2) is 0 Å². The largest absolute Gasteiger partial charge is 0.497 e. The number of aromatic nitrogens is 2. The molecule has 0 unspecified atom stereocenters. The lowest BCUT2D eigenvalue weighted by Gasteiger charge is -2.17. The SMILES string of the molecule is COc1ccc(-c2cc(-c3ccsc3)c(=O)n(C)c2-c2ccncc2)cc1. The molecule has 1 aromatic carbocycles. The molecule has 134 valence electrons. The maximum Gasteiger partial charge on any atom is 0.258 e. The lowest BCUT2D eigenvalue weighted by Crippen LogP contribution is -2.21. The molecular formula is C22H18N2O2S. The minimum absolute atomic E-state index is 0.0162. The molecule has 0 bridgehead atoms. The van der Waals surface area contributed by atoms with Crippen LogP contribution in [0.5, 0.6) is 5.75 Å². The van der Waals surface area contributed by atoms with Crippen LogP contribution in [-0.4, -0.2) is 16.7 Å². The zero-order chi connectivity index (χ0) is 18.8. The topological polar surface area (TPSA) is 44.1 Å². The number of thiophene rings is 1. The smallest absolute Gasteiger partial charge is 0.258 e. The molecule has 0 aliphatic heterocycles. The molecule has 3 heterocycles. The van der Waals surface area contributed by atoms with Gasteiger partial charge in [-0.1, -0.05) is 12.1 Å². The van der Waals surface area contributed by atoms with Crippen molar-refractivity contribution >= 4 is 11.3 Å². The Morgan fingerprint density at radius 3 is 2.30 bits per heavy atom. The van der Waals surface area contributed by atoms with Crippen molar-refractivity contribution in [3.05, 3.63) is 82.0 Å². The third-order valence-corrected chi connectivity index (χ3v) is 5.28. The van der Waals surface area contributed by atoms with Gasteiger partial charge in [-0.2, -0.15) is 11.3 Å². The second-order valence-corrected chi connectivity index (χ2v) is 6.94. The van der Waals surface area contributed by atoms with Gasteiger partial charge in [0.1, 0.15) is 5.75 Å². The Kier molecular flexibility index (Phi) is 4.60. The van der Waals surface area contributed by atoms with Crippen LogP contribution in [0.25, 0.3) is 33.5 Å². The zero-order valence-electron chi connectivity index (χ0n) is 15.0.